The average molecular weight is 662 g/mol. The van der Waals surface area contributed by atoms with Gasteiger partial charge in [-0.3, -0.25) is 0 Å². The molecule has 0 amide bonds. The molecule has 5 rings (SSSR count). The second-order valence-corrected chi connectivity index (χ2v) is 32.5. The zero-order valence-electron chi connectivity index (χ0n) is 20.8. The Labute approximate surface area is 221 Å². The number of hydrogen-bond donors (Lipinski definition) is 0. The predicted molar refractivity (Wildman–Crippen MR) is 134 cm³/mol. The molecule has 0 N–H and O–H groups in total. The van der Waals surface area contributed by atoms with Crippen LogP contribution in [0.2, 0.25) is 12.1 Å². The minimum absolute atomic E-state index is 0. The van der Waals surface area contributed by atoms with Crippen LogP contribution in [0.15, 0.2) is 47.5 Å². The van der Waals surface area contributed by atoms with Crippen molar-refractivity contribution in [3.63, 3.8) is 0 Å². The first-order chi connectivity index (χ1) is 14.9. The number of hydrogen-bond acceptors (Lipinski definition) is 0. The molecule has 0 saturated carbocycles. The van der Waals surface area contributed by atoms with Crippen molar-refractivity contribution in [1.29, 1.82) is 0 Å². The molecule has 2 aliphatic carbocycles. The van der Waals surface area contributed by atoms with Crippen molar-refractivity contribution < 1.29 is 44.9 Å². The van der Waals surface area contributed by atoms with Gasteiger partial charge in [-0.05, 0) is 0 Å². The van der Waals surface area contributed by atoms with Crippen LogP contribution in [0.3, 0.4) is 0 Å². The van der Waals surface area contributed by atoms with E-state index in [1.807, 2.05) is 0 Å². The van der Waals surface area contributed by atoms with Gasteiger partial charge >= 0.3 is 198 Å². The SMILES string of the molecule is CC1=Cc2c(C(C)C)cccc2[CH]1[Hf+2]([CH]1C(C)=Cc2c(C(C)C)cccc21)=[Si]1CCC1.[Cl-].[Cl-]. The van der Waals surface area contributed by atoms with E-state index >= 15 is 0 Å². The monoisotopic (exact) mass is 662 g/mol. The van der Waals surface area contributed by atoms with E-state index in [4.69, 9.17) is 0 Å². The van der Waals surface area contributed by atoms with Crippen LogP contribution in [0.5, 0.6) is 0 Å². The van der Waals surface area contributed by atoms with Crippen LogP contribution in [-0.4, -0.2) is 5.49 Å². The van der Waals surface area contributed by atoms with Gasteiger partial charge in [-0.1, -0.05) is 0 Å². The maximum atomic E-state index is 2.60. The zero-order chi connectivity index (χ0) is 21.9. The Bertz CT molecular complexity index is 1070. The molecule has 2 atom stereocenters. The van der Waals surface area contributed by atoms with Gasteiger partial charge in [0, 0.05) is 0 Å². The molecule has 4 heteroatoms. The van der Waals surface area contributed by atoms with Gasteiger partial charge in [0.1, 0.15) is 0 Å². The molecule has 0 bridgehead atoms. The standard InChI is InChI=1S/2C13H15.C3H6Si.2ClH.Hf/c2*1-9(2)12-6-4-5-11-7-10(3)8-13(11)12;1-2-4-3-1;;;/h2*4-9H,1-3H3;1-3H2;2*1H;/q;;;;;+2/p-2. The number of halogens is 2. The third-order valence-corrected chi connectivity index (χ3v) is 39.5. The second-order valence-electron chi connectivity index (χ2n) is 10.6. The van der Waals surface area contributed by atoms with Crippen LogP contribution in [0.4, 0.5) is 0 Å². The molecule has 1 fully saturated rings. The first-order valence-electron chi connectivity index (χ1n) is 12.2. The largest absolute Gasteiger partial charge is 1.00 e. The Balaban J connectivity index is 0.00000153. The summed E-state index contributed by atoms with van der Waals surface area (Å²) in [7, 11) is 0. The Morgan fingerprint density at radius 2 is 1.15 bits per heavy atom. The van der Waals surface area contributed by atoms with Gasteiger partial charge in [-0.2, -0.15) is 0 Å². The summed E-state index contributed by atoms with van der Waals surface area (Å²) in [4.78, 5) is 0. The minimum Gasteiger partial charge on any atom is -1.00 e. The van der Waals surface area contributed by atoms with Crippen molar-refractivity contribution in [2.24, 2.45) is 0 Å². The molecule has 2 unspecified atom stereocenters. The third-order valence-electron chi connectivity index (χ3n) is 7.86. The Hall–Kier alpha value is -0.413. The second kappa shape index (κ2) is 10.7. The molecule has 3 aliphatic rings. The summed E-state index contributed by atoms with van der Waals surface area (Å²) in [6.45, 7) is 14.4. The van der Waals surface area contributed by atoms with E-state index in [1.165, 1.54) is 6.42 Å². The fraction of sp³-hybridized carbons (Fsp3) is 0.448. The zero-order valence-corrected chi connectivity index (χ0v) is 26.9. The first-order valence-corrected chi connectivity index (χ1v) is 23.7. The molecule has 0 nitrogen and oxygen atoms in total. The summed E-state index contributed by atoms with van der Waals surface area (Å²) in [5, 5.41) is 0. The quantitative estimate of drug-likeness (QED) is 0.443. The number of rotatable bonds is 4. The first kappa shape index (κ1) is 27.2. The van der Waals surface area contributed by atoms with Crippen molar-refractivity contribution in [3.05, 3.63) is 80.9 Å². The fourth-order valence-corrected chi connectivity index (χ4v) is 42.9. The maximum Gasteiger partial charge on any atom is -1.00 e. The molecular weight excluding hydrogens is 626 g/mol. The van der Waals surface area contributed by atoms with E-state index in [0.29, 0.717) is 11.8 Å². The molecule has 2 aromatic rings. The van der Waals surface area contributed by atoms with Crippen LogP contribution in [0.25, 0.3) is 12.2 Å². The normalized spacial score (nSPS) is 20.2. The molecule has 33 heavy (non-hydrogen) atoms. The van der Waals surface area contributed by atoms with Gasteiger partial charge in [0.2, 0.25) is 0 Å². The predicted octanol–water partition coefficient (Wildman–Crippen LogP) is 2.57. The van der Waals surface area contributed by atoms with E-state index < -0.39 is 20.1 Å². The Morgan fingerprint density at radius 3 is 1.48 bits per heavy atom. The molecule has 0 spiro atoms. The van der Waals surface area contributed by atoms with Crippen LogP contribution in [0, 0.1) is 0 Å². The summed E-state index contributed by atoms with van der Waals surface area (Å²) in [5.74, 6) is 1.21. The molecule has 174 valence electrons. The van der Waals surface area contributed by atoms with Crippen molar-refractivity contribution >= 4 is 17.6 Å². The number of allylic oxidation sites excluding steroid dienone is 2. The van der Waals surface area contributed by atoms with Crippen LogP contribution in [-0.2, 0) is 20.1 Å². The fourth-order valence-electron chi connectivity index (χ4n) is 6.20. The summed E-state index contributed by atoms with van der Waals surface area (Å²) in [6.07, 6.45) is 6.70. The summed E-state index contributed by atoms with van der Waals surface area (Å²) >= 11 is -2.06. The van der Waals surface area contributed by atoms with Gasteiger partial charge in [-0.25, -0.2) is 0 Å². The van der Waals surface area contributed by atoms with Gasteiger partial charge in [-0.15, -0.1) is 0 Å². The van der Waals surface area contributed by atoms with Gasteiger partial charge < -0.3 is 24.8 Å². The number of benzene rings is 2. The van der Waals surface area contributed by atoms with E-state index in [2.05, 4.69) is 90.1 Å². The molecule has 1 aliphatic heterocycles. The van der Waals surface area contributed by atoms with E-state index in [-0.39, 0.29) is 30.3 Å². The van der Waals surface area contributed by atoms with Crippen molar-refractivity contribution in [2.75, 3.05) is 0 Å². The molecule has 2 aromatic carbocycles. The molecule has 0 aromatic heterocycles. The third kappa shape index (κ3) is 4.59. The van der Waals surface area contributed by atoms with Gasteiger partial charge in [0.15, 0.2) is 0 Å². The van der Waals surface area contributed by atoms with E-state index in [1.54, 1.807) is 56.6 Å². The molecular formula is C29H36Cl2HfSi. The van der Waals surface area contributed by atoms with Crippen LogP contribution >= 0.6 is 0 Å². The van der Waals surface area contributed by atoms with Crippen LogP contribution < -0.4 is 24.8 Å². The van der Waals surface area contributed by atoms with Crippen molar-refractivity contribution in [2.45, 2.75) is 79.2 Å². The molecule has 0 radical (unpaired) electrons. The smallest absolute Gasteiger partial charge is 1.00 e. The minimum atomic E-state index is -2.06. The van der Waals surface area contributed by atoms with E-state index in [9.17, 15) is 0 Å². The summed E-state index contributed by atoms with van der Waals surface area (Å²) in [5.41, 5.74) is 13.0. The van der Waals surface area contributed by atoms with Crippen molar-refractivity contribution in [1.82, 2.24) is 0 Å². The Morgan fingerprint density at radius 1 is 0.727 bits per heavy atom. The summed E-state index contributed by atoms with van der Waals surface area (Å²) in [6, 6.07) is 17.7. The van der Waals surface area contributed by atoms with Gasteiger partial charge in [0.25, 0.3) is 0 Å². The Kier molecular flexibility index (Phi) is 8.80. The maximum absolute atomic E-state index is 2.60. The topological polar surface area (TPSA) is 0 Å². The molecule has 1 heterocycles. The van der Waals surface area contributed by atoms with Crippen molar-refractivity contribution in [3.8, 4) is 0 Å². The number of fused-ring (bicyclic) bond motifs is 2. The average Bonchev–Trinajstić information content (AvgIpc) is 3.19. The van der Waals surface area contributed by atoms with Gasteiger partial charge in [0.05, 0.1) is 0 Å². The molecule has 1 saturated heterocycles. The summed E-state index contributed by atoms with van der Waals surface area (Å²) < 4.78 is 1.63. The van der Waals surface area contributed by atoms with Crippen LogP contribution in [0.1, 0.15) is 101 Å². The van der Waals surface area contributed by atoms with E-state index in [0.717, 1.165) is 7.35 Å².